The number of rotatable bonds is 5. The smallest absolute Gasteiger partial charge is 0.168 e. The molecular weight excluding hydrogens is 334 g/mol. The molecule has 5 nitrogen and oxygen atoms in total. The van der Waals surface area contributed by atoms with E-state index in [0.717, 1.165) is 40.2 Å². The van der Waals surface area contributed by atoms with Crippen LogP contribution in [0.1, 0.15) is 23.9 Å². The zero-order chi connectivity index (χ0) is 19.0. The number of aromatic nitrogens is 4. The summed E-state index contributed by atoms with van der Waals surface area (Å²) >= 11 is 0. The highest BCUT2D eigenvalue weighted by Gasteiger charge is 2.19. The molecule has 0 amide bonds. The molecule has 4 aromatic rings. The summed E-state index contributed by atoms with van der Waals surface area (Å²) in [4.78, 5) is 3.27. The van der Waals surface area contributed by atoms with Gasteiger partial charge in [0.2, 0.25) is 0 Å². The number of aromatic amines is 1. The molecule has 0 spiro atoms. The Morgan fingerprint density at radius 2 is 2.04 bits per heavy atom. The van der Waals surface area contributed by atoms with Gasteiger partial charge in [0, 0.05) is 34.8 Å². The second-order valence-corrected chi connectivity index (χ2v) is 6.83. The Morgan fingerprint density at radius 1 is 1.19 bits per heavy atom. The highest BCUT2D eigenvalue weighted by atomic mass is 15.3. The van der Waals surface area contributed by atoms with Crippen LogP contribution < -0.4 is 5.73 Å². The van der Waals surface area contributed by atoms with Crippen LogP contribution in [0.4, 0.5) is 0 Å². The molecule has 0 fully saturated rings. The van der Waals surface area contributed by atoms with Gasteiger partial charge in [-0.25, -0.2) is 0 Å². The number of benzene rings is 2. The van der Waals surface area contributed by atoms with Crippen molar-refractivity contribution in [3.8, 4) is 17.1 Å². The molecule has 2 aromatic heterocycles. The van der Waals surface area contributed by atoms with Crippen LogP contribution in [0.2, 0.25) is 0 Å². The molecule has 5 heteroatoms. The van der Waals surface area contributed by atoms with E-state index in [4.69, 9.17) is 5.73 Å². The third kappa shape index (κ3) is 3.01. The maximum atomic E-state index is 5.91. The van der Waals surface area contributed by atoms with E-state index < -0.39 is 0 Å². The first-order chi connectivity index (χ1) is 13.1. The third-order valence-corrected chi connectivity index (χ3v) is 4.88. The highest BCUT2D eigenvalue weighted by molar-refractivity contribution is 5.88. The van der Waals surface area contributed by atoms with Gasteiger partial charge in [-0.05, 0) is 48.7 Å². The van der Waals surface area contributed by atoms with Crippen molar-refractivity contribution in [2.45, 2.75) is 26.7 Å². The van der Waals surface area contributed by atoms with Crippen molar-refractivity contribution in [3.05, 3.63) is 77.9 Å². The molecular formula is C22H23N5. The van der Waals surface area contributed by atoms with Gasteiger partial charge in [-0.15, -0.1) is 10.2 Å². The molecule has 4 rings (SSSR count). The van der Waals surface area contributed by atoms with Gasteiger partial charge in [-0.3, -0.25) is 4.57 Å². The van der Waals surface area contributed by atoms with E-state index in [1.54, 1.807) is 0 Å². The number of nitrogens with two attached hydrogens (primary N) is 1. The summed E-state index contributed by atoms with van der Waals surface area (Å²) in [6.45, 7) is 8.11. The summed E-state index contributed by atoms with van der Waals surface area (Å²) < 4.78 is 2.11. The van der Waals surface area contributed by atoms with Crippen LogP contribution in [0.3, 0.4) is 0 Å². The Morgan fingerprint density at radius 3 is 2.81 bits per heavy atom. The average Bonchev–Trinajstić information content (AvgIpc) is 3.28. The number of fused-ring (bicyclic) bond motifs is 1. The lowest BCUT2D eigenvalue weighted by molar-refractivity contribution is 0.895. The maximum Gasteiger partial charge on any atom is 0.168 e. The number of hydrogen-bond donors (Lipinski definition) is 2. The fourth-order valence-corrected chi connectivity index (χ4v) is 3.46. The Kier molecular flexibility index (Phi) is 4.28. The van der Waals surface area contributed by atoms with Crippen molar-refractivity contribution < 1.29 is 0 Å². The molecule has 2 aromatic carbocycles. The Bertz CT molecular complexity index is 1130. The number of H-pyrrole nitrogens is 1. The lowest BCUT2D eigenvalue weighted by atomic mass is 10.0. The van der Waals surface area contributed by atoms with Crippen molar-refractivity contribution in [3.63, 3.8) is 0 Å². The van der Waals surface area contributed by atoms with Crippen molar-refractivity contribution >= 4 is 10.9 Å². The van der Waals surface area contributed by atoms with Gasteiger partial charge >= 0.3 is 0 Å². The van der Waals surface area contributed by atoms with Gasteiger partial charge in [-0.2, -0.15) is 0 Å². The number of allylic oxidation sites excluding steroid dienone is 1. The molecule has 3 N–H and O–H groups in total. The molecule has 136 valence electrons. The van der Waals surface area contributed by atoms with Gasteiger partial charge in [-0.1, -0.05) is 31.7 Å². The summed E-state index contributed by atoms with van der Waals surface area (Å²) in [6.07, 6.45) is 3.39. The quantitative estimate of drug-likeness (QED) is 0.559. The fraction of sp³-hybridized carbons (Fsp3) is 0.182. The largest absolute Gasteiger partial charge is 0.402 e. The molecule has 0 saturated carbocycles. The zero-order valence-corrected chi connectivity index (χ0v) is 15.7. The highest BCUT2D eigenvalue weighted by Crippen LogP contribution is 2.30. The normalized spacial score (nSPS) is 11.2. The summed E-state index contributed by atoms with van der Waals surface area (Å²) in [5.41, 5.74) is 12.1. The zero-order valence-electron chi connectivity index (χ0n) is 15.7. The molecule has 0 aliphatic rings. The molecule has 0 unspecified atom stereocenters. The second-order valence-electron chi connectivity index (χ2n) is 6.83. The van der Waals surface area contributed by atoms with Crippen LogP contribution in [0.5, 0.6) is 0 Å². The lowest BCUT2D eigenvalue weighted by Gasteiger charge is -2.14. The van der Waals surface area contributed by atoms with Crippen molar-refractivity contribution in [1.29, 1.82) is 0 Å². The standard InChI is InChI=1S/C22H23N5/c1-4-16-9-8-14(2)18(13-16)22-26-25-21(12-15(3)23)27(22)20-7-5-6-19-17(20)10-11-24-19/h5-11,13,24H,3-4,12,23H2,1-2H3. The molecule has 0 atom stereocenters. The second kappa shape index (κ2) is 6.76. The SMILES string of the molecule is C=C(N)Cc1nnc(-c2cc(CC)ccc2C)n1-c1cccc2[nH]ccc12. The van der Waals surface area contributed by atoms with E-state index in [1.807, 2.05) is 12.3 Å². The minimum Gasteiger partial charge on any atom is -0.402 e. The predicted octanol–water partition coefficient (Wildman–Crippen LogP) is 4.30. The van der Waals surface area contributed by atoms with Crippen LogP contribution >= 0.6 is 0 Å². The number of nitrogens with one attached hydrogen (secondary N) is 1. The minimum atomic E-state index is 0.473. The molecule has 0 saturated heterocycles. The number of nitrogens with zero attached hydrogens (tertiary/aromatic N) is 3. The fourth-order valence-electron chi connectivity index (χ4n) is 3.46. The van der Waals surface area contributed by atoms with Gasteiger partial charge < -0.3 is 10.7 Å². The molecule has 0 radical (unpaired) electrons. The van der Waals surface area contributed by atoms with Gasteiger partial charge in [0.25, 0.3) is 0 Å². The van der Waals surface area contributed by atoms with E-state index >= 15 is 0 Å². The minimum absolute atomic E-state index is 0.473. The van der Waals surface area contributed by atoms with Gasteiger partial charge in [0.1, 0.15) is 5.82 Å². The topological polar surface area (TPSA) is 72.5 Å². The van der Waals surface area contributed by atoms with Crippen molar-refractivity contribution in [1.82, 2.24) is 19.7 Å². The van der Waals surface area contributed by atoms with Gasteiger partial charge in [0.15, 0.2) is 5.82 Å². The van der Waals surface area contributed by atoms with E-state index in [9.17, 15) is 0 Å². The van der Waals surface area contributed by atoms with E-state index in [0.29, 0.717) is 12.1 Å². The van der Waals surface area contributed by atoms with Gasteiger partial charge in [0.05, 0.1) is 5.69 Å². The van der Waals surface area contributed by atoms with E-state index in [1.165, 1.54) is 11.1 Å². The third-order valence-electron chi connectivity index (χ3n) is 4.88. The molecule has 0 aliphatic carbocycles. The summed E-state index contributed by atoms with van der Waals surface area (Å²) in [7, 11) is 0. The van der Waals surface area contributed by atoms with Crippen LogP contribution in [-0.2, 0) is 12.8 Å². The molecule has 2 heterocycles. The van der Waals surface area contributed by atoms with Crippen LogP contribution in [0, 0.1) is 6.92 Å². The predicted molar refractivity (Wildman–Crippen MR) is 110 cm³/mol. The average molecular weight is 357 g/mol. The lowest BCUT2D eigenvalue weighted by Crippen LogP contribution is -2.08. The van der Waals surface area contributed by atoms with E-state index in [-0.39, 0.29) is 0 Å². The summed E-state index contributed by atoms with van der Waals surface area (Å²) in [6, 6.07) is 14.8. The number of hydrogen-bond acceptors (Lipinski definition) is 3. The maximum absolute atomic E-state index is 5.91. The van der Waals surface area contributed by atoms with Crippen molar-refractivity contribution in [2.75, 3.05) is 0 Å². The Hall–Kier alpha value is -3.34. The van der Waals surface area contributed by atoms with Crippen LogP contribution in [-0.4, -0.2) is 19.7 Å². The Labute approximate surface area is 158 Å². The molecule has 0 aliphatic heterocycles. The van der Waals surface area contributed by atoms with Crippen LogP contribution in [0.15, 0.2) is 60.9 Å². The van der Waals surface area contributed by atoms with E-state index in [2.05, 4.69) is 76.6 Å². The first-order valence-electron chi connectivity index (χ1n) is 9.12. The van der Waals surface area contributed by atoms with Crippen molar-refractivity contribution in [2.24, 2.45) is 5.73 Å². The summed E-state index contributed by atoms with van der Waals surface area (Å²) in [5, 5.41) is 10.1. The first-order valence-corrected chi connectivity index (χ1v) is 9.12. The summed E-state index contributed by atoms with van der Waals surface area (Å²) in [5.74, 6) is 1.61. The molecule has 27 heavy (non-hydrogen) atoms. The Balaban J connectivity index is 2.01. The number of aryl methyl sites for hydroxylation is 2. The first kappa shape index (κ1) is 17.1. The molecule has 0 bridgehead atoms. The monoisotopic (exact) mass is 357 g/mol. The van der Waals surface area contributed by atoms with Crippen LogP contribution in [0.25, 0.3) is 28.0 Å².